The summed E-state index contributed by atoms with van der Waals surface area (Å²) < 4.78 is 0. The number of fused-ring (bicyclic) bond motifs is 1. The van der Waals surface area contributed by atoms with Crippen molar-refractivity contribution in [3.05, 3.63) is 47.5 Å². The van der Waals surface area contributed by atoms with E-state index in [9.17, 15) is 5.11 Å². The maximum atomic E-state index is 10.1. The maximum absolute atomic E-state index is 10.1. The van der Waals surface area contributed by atoms with E-state index < -0.39 is 0 Å². The third-order valence-corrected chi connectivity index (χ3v) is 3.29. The van der Waals surface area contributed by atoms with E-state index in [1.54, 1.807) is 18.2 Å². The summed E-state index contributed by atoms with van der Waals surface area (Å²) in [7, 11) is 0. The van der Waals surface area contributed by atoms with Crippen LogP contribution in [0.2, 0.25) is 0 Å². The number of aryl methyl sites for hydroxylation is 1. The molecule has 1 heterocycles. The van der Waals surface area contributed by atoms with Crippen molar-refractivity contribution in [1.29, 1.82) is 5.41 Å². The molecule has 2 aromatic carbocycles. The van der Waals surface area contributed by atoms with E-state index in [4.69, 9.17) is 11.1 Å². The number of nitrogens with two attached hydrogens (primary N) is 1. The van der Waals surface area contributed by atoms with Crippen LogP contribution in [0.25, 0.3) is 22.4 Å². The molecule has 100 valence electrons. The number of phenols is 1. The monoisotopic (exact) mass is 266 g/mol. The van der Waals surface area contributed by atoms with Crippen molar-refractivity contribution in [3.8, 4) is 17.1 Å². The summed E-state index contributed by atoms with van der Waals surface area (Å²) in [5.74, 6) is 0.835. The van der Waals surface area contributed by atoms with Crippen molar-refractivity contribution < 1.29 is 5.11 Å². The third kappa shape index (κ3) is 1.89. The molecule has 0 spiro atoms. The van der Waals surface area contributed by atoms with Crippen LogP contribution < -0.4 is 5.73 Å². The molecule has 0 amide bonds. The first-order chi connectivity index (χ1) is 9.56. The first-order valence-corrected chi connectivity index (χ1v) is 6.19. The molecule has 1 aromatic heterocycles. The number of aromatic hydroxyl groups is 1. The zero-order valence-electron chi connectivity index (χ0n) is 10.9. The summed E-state index contributed by atoms with van der Waals surface area (Å²) in [6.45, 7) is 1.84. The maximum Gasteiger partial charge on any atom is 0.142 e. The Balaban J connectivity index is 2.18. The van der Waals surface area contributed by atoms with E-state index in [0.717, 1.165) is 16.6 Å². The molecule has 20 heavy (non-hydrogen) atoms. The highest BCUT2D eigenvalue weighted by Gasteiger charge is 2.11. The second kappa shape index (κ2) is 4.38. The Labute approximate surface area is 115 Å². The van der Waals surface area contributed by atoms with Gasteiger partial charge in [-0.25, -0.2) is 4.98 Å². The lowest BCUT2D eigenvalue weighted by atomic mass is 10.1. The number of H-pyrrole nitrogens is 1. The first kappa shape index (κ1) is 12.2. The van der Waals surface area contributed by atoms with Gasteiger partial charge in [0.1, 0.15) is 17.4 Å². The zero-order chi connectivity index (χ0) is 14.3. The number of hydrogen-bond donors (Lipinski definition) is 4. The van der Waals surface area contributed by atoms with Gasteiger partial charge in [-0.05, 0) is 36.8 Å². The van der Waals surface area contributed by atoms with Gasteiger partial charge in [0.05, 0.1) is 16.6 Å². The second-order valence-corrected chi connectivity index (χ2v) is 4.70. The highest BCUT2D eigenvalue weighted by molar-refractivity contribution is 5.98. The van der Waals surface area contributed by atoms with Gasteiger partial charge in [-0.3, -0.25) is 5.41 Å². The number of nitrogen functional groups attached to an aromatic ring is 1. The number of imidazole rings is 1. The molecular weight excluding hydrogens is 252 g/mol. The van der Waals surface area contributed by atoms with Gasteiger partial charge < -0.3 is 15.8 Å². The molecule has 0 atom stereocenters. The highest BCUT2D eigenvalue weighted by Crippen LogP contribution is 2.31. The molecule has 0 aliphatic carbocycles. The van der Waals surface area contributed by atoms with E-state index in [-0.39, 0.29) is 11.6 Å². The number of para-hydroxylation sites is 1. The summed E-state index contributed by atoms with van der Waals surface area (Å²) in [6.07, 6.45) is 0. The molecule has 3 rings (SSSR count). The number of benzene rings is 2. The van der Waals surface area contributed by atoms with E-state index in [0.29, 0.717) is 17.0 Å². The van der Waals surface area contributed by atoms with Gasteiger partial charge in [0.2, 0.25) is 0 Å². The van der Waals surface area contributed by atoms with Gasteiger partial charge in [-0.15, -0.1) is 0 Å². The predicted octanol–water partition coefficient (Wildman–Crippen LogP) is 2.53. The summed E-state index contributed by atoms with van der Waals surface area (Å²) in [4.78, 5) is 7.61. The molecule has 0 radical (unpaired) electrons. The fourth-order valence-corrected chi connectivity index (χ4v) is 2.15. The average Bonchev–Trinajstić information content (AvgIpc) is 2.84. The van der Waals surface area contributed by atoms with E-state index in [1.165, 1.54) is 0 Å². The average molecular weight is 266 g/mol. The molecule has 5 N–H and O–H groups in total. The minimum absolute atomic E-state index is 0.0152. The molecule has 0 unspecified atom stereocenters. The minimum Gasteiger partial charge on any atom is -0.507 e. The molecule has 0 fully saturated rings. The number of aromatic amines is 1. The summed E-state index contributed by atoms with van der Waals surface area (Å²) in [5.41, 5.74) is 9.13. The lowest BCUT2D eigenvalue weighted by molar-refractivity contribution is 0.473. The molecule has 0 aliphatic heterocycles. The van der Waals surface area contributed by atoms with Crippen LogP contribution in [0.15, 0.2) is 36.4 Å². The fourth-order valence-electron chi connectivity index (χ4n) is 2.15. The quantitative estimate of drug-likeness (QED) is 0.423. The van der Waals surface area contributed by atoms with Crippen LogP contribution in [-0.2, 0) is 0 Å². The molecule has 0 saturated carbocycles. The van der Waals surface area contributed by atoms with Gasteiger partial charge in [0, 0.05) is 5.56 Å². The number of amidine groups is 1. The highest BCUT2D eigenvalue weighted by atomic mass is 16.3. The fraction of sp³-hybridized carbons (Fsp3) is 0.0667. The second-order valence-electron chi connectivity index (χ2n) is 4.70. The van der Waals surface area contributed by atoms with E-state index in [2.05, 4.69) is 9.97 Å². The van der Waals surface area contributed by atoms with Crippen molar-refractivity contribution in [3.63, 3.8) is 0 Å². The Kier molecular flexibility index (Phi) is 2.68. The van der Waals surface area contributed by atoms with E-state index in [1.807, 2.05) is 25.1 Å². The Hall–Kier alpha value is -2.82. The molecule has 5 nitrogen and oxygen atoms in total. The van der Waals surface area contributed by atoms with Crippen LogP contribution in [0.5, 0.6) is 5.75 Å². The normalized spacial score (nSPS) is 10.8. The van der Waals surface area contributed by atoms with Crippen molar-refractivity contribution >= 4 is 16.9 Å². The molecule has 5 heteroatoms. The zero-order valence-corrected chi connectivity index (χ0v) is 10.9. The lowest BCUT2D eigenvalue weighted by Crippen LogP contribution is -2.10. The lowest BCUT2D eigenvalue weighted by Gasteiger charge is -2.03. The number of hydrogen-bond acceptors (Lipinski definition) is 3. The van der Waals surface area contributed by atoms with Crippen LogP contribution in [0, 0.1) is 12.3 Å². The number of aromatic nitrogens is 2. The topological polar surface area (TPSA) is 98.8 Å². The Morgan fingerprint density at radius 1 is 1.30 bits per heavy atom. The standard InChI is InChI=1S/C15H14N4O/c1-8-3-2-4-10(13(8)20)15-18-11-6-5-9(14(16)17)7-12(11)19-15/h2-7,20H,1H3,(H3,16,17)(H,18,19). The van der Waals surface area contributed by atoms with Gasteiger partial charge in [0.25, 0.3) is 0 Å². The van der Waals surface area contributed by atoms with Crippen LogP contribution in [0.4, 0.5) is 0 Å². The van der Waals surface area contributed by atoms with Crippen molar-refractivity contribution in [2.24, 2.45) is 5.73 Å². The summed E-state index contributed by atoms with van der Waals surface area (Å²) >= 11 is 0. The van der Waals surface area contributed by atoms with Gasteiger partial charge in [0.15, 0.2) is 0 Å². The molecule has 0 saturated heterocycles. The molecule has 3 aromatic rings. The Bertz CT molecular complexity index is 820. The third-order valence-electron chi connectivity index (χ3n) is 3.29. The largest absolute Gasteiger partial charge is 0.507 e. The van der Waals surface area contributed by atoms with Crippen LogP contribution in [0.1, 0.15) is 11.1 Å². The number of phenolic OH excluding ortho intramolecular Hbond substituents is 1. The minimum atomic E-state index is 0.0152. The molecular formula is C15H14N4O. The number of nitrogens with one attached hydrogen (secondary N) is 2. The van der Waals surface area contributed by atoms with Gasteiger partial charge >= 0.3 is 0 Å². The Morgan fingerprint density at radius 3 is 2.85 bits per heavy atom. The van der Waals surface area contributed by atoms with Crippen LogP contribution >= 0.6 is 0 Å². The molecule has 0 bridgehead atoms. The first-order valence-electron chi connectivity index (χ1n) is 6.19. The van der Waals surface area contributed by atoms with Gasteiger partial charge in [-0.1, -0.05) is 12.1 Å². The number of nitrogens with zero attached hydrogens (tertiary/aromatic N) is 1. The van der Waals surface area contributed by atoms with Crippen LogP contribution in [0.3, 0.4) is 0 Å². The van der Waals surface area contributed by atoms with Gasteiger partial charge in [-0.2, -0.15) is 0 Å². The SMILES string of the molecule is Cc1cccc(-c2nc3ccc(C(=N)N)cc3[nH]2)c1O. The predicted molar refractivity (Wildman–Crippen MR) is 78.9 cm³/mol. The van der Waals surface area contributed by atoms with Crippen molar-refractivity contribution in [2.75, 3.05) is 0 Å². The molecule has 0 aliphatic rings. The van der Waals surface area contributed by atoms with Crippen molar-refractivity contribution in [2.45, 2.75) is 6.92 Å². The number of rotatable bonds is 2. The summed E-state index contributed by atoms with van der Waals surface area (Å²) in [5, 5.41) is 17.6. The summed E-state index contributed by atoms with van der Waals surface area (Å²) in [6, 6.07) is 10.9. The van der Waals surface area contributed by atoms with Crippen LogP contribution in [-0.4, -0.2) is 20.9 Å². The Morgan fingerprint density at radius 2 is 2.10 bits per heavy atom. The smallest absolute Gasteiger partial charge is 0.142 e. The van der Waals surface area contributed by atoms with E-state index >= 15 is 0 Å². The van der Waals surface area contributed by atoms with Crippen molar-refractivity contribution in [1.82, 2.24) is 9.97 Å².